The number of hydrogen-bond donors (Lipinski definition) is 2. The summed E-state index contributed by atoms with van der Waals surface area (Å²) in [6.45, 7) is 2.81. The van der Waals surface area contributed by atoms with Crippen LogP contribution in [0.4, 0.5) is 0 Å². The standard InChI is InChI=1S/C17H26N2O.ClH/c1-2-3-4-13-5-7-14(8-6-13)11-17(20)19-12-16(18)15-9-10-15;/h5-8,15-16H,2-4,9-12,18H2,1H3,(H,19,20);1H. The maximum absolute atomic E-state index is 11.9. The third-order valence-electron chi connectivity index (χ3n) is 3.97. The van der Waals surface area contributed by atoms with Crippen molar-refractivity contribution in [2.24, 2.45) is 11.7 Å². The molecule has 0 aliphatic heterocycles. The Morgan fingerprint density at radius 3 is 2.48 bits per heavy atom. The molecule has 1 aromatic rings. The van der Waals surface area contributed by atoms with Crippen LogP contribution in [0.3, 0.4) is 0 Å². The fourth-order valence-corrected chi connectivity index (χ4v) is 2.38. The SMILES string of the molecule is CCCCc1ccc(CC(=O)NCC(N)C2CC2)cc1.Cl. The van der Waals surface area contributed by atoms with Crippen molar-refractivity contribution < 1.29 is 4.79 Å². The lowest BCUT2D eigenvalue weighted by atomic mass is 10.0. The molecule has 0 spiro atoms. The number of carbonyl (C=O) groups is 1. The van der Waals surface area contributed by atoms with Crippen LogP contribution >= 0.6 is 12.4 Å². The highest BCUT2D eigenvalue weighted by Gasteiger charge is 2.28. The first-order chi connectivity index (χ1) is 9.69. The first-order valence-corrected chi connectivity index (χ1v) is 7.79. The van der Waals surface area contributed by atoms with Crippen molar-refractivity contribution in [3.63, 3.8) is 0 Å². The summed E-state index contributed by atoms with van der Waals surface area (Å²) in [5.41, 5.74) is 8.40. The zero-order chi connectivity index (χ0) is 14.4. The van der Waals surface area contributed by atoms with E-state index < -0.39 is 0 Å². The van der Waals surface area contributed by atoms with E-state index in [0.29, 0.717) is 18.9 Å². The predicted octanol–water partition coefficient (Wildman–Crippen LogP) is 2.85. The summed E-state index contributed by atoms with van der Waals surface area (Å²) in [7, 11) is 0. The molecule has 3 nitrogen and oxygen atoms in total. The van der Waals surface area contributed by atoms with Gasteiger partial charge >= 0.3 is 0 Å². The normalized spacial score (nSPS) is 15.1. The fraction of sp³-hybridized carbons (Fsp3) is 0.588. The van der Waals surface area contributed by atoms with Crippen LogP contribution in [0.5, 0.6) is 0 Å². The first kappa shape index (κ1) is 18.0. The van der Waals surface area contributed by atoms with E-state index >= 15 is 0 Å². The minimum absolute atomic E-state index is 0. The summed E-state index contributed by atoms with van der Waals surface area (Å²) < 4.78 is 0. The van der Waals surface area contributed by atoms with Gasteiger partial charge in [-0.3, -0.25) is 4.79 Å². The summed E-state index contributed by atoms with van der Waals surface area (Å²) in [5.74, 6) is 0.704. The minimum atomic E-state index is 0. The van der Waals surface area contributed by atoms with Crippen molar-refractivity contribution in [3.05, 3.63) is 35.4 Å². The summed E-state index contributed by atoms with van der Waals surface area (Å²) in [4.78, 5) is 11.9. The van der Waals surface area contributed by atoms with Gasteiger partial charge in [0.15, 0.2) is 0 Å². The highest BCUT2D eigenvalue weighted by Crippen LogP contribution is 2.31. The number of unbranched alkanes of at least 4 members (excludes halogenated alkanes) is 1. The van der Waals surface area contributed by atoms with Gasteiger partial charge in [-0.15, -0.1) is 12.4 Å². The molecule has 0 heterocycles. The Kier molecular flexibility index (Phi) is 7.76. The van der Waals surface area contributed by atoms with Crippen LogP contribution in [0, 0.1) is 5.92 Å². The minimum Gasteiger partial charge on any atom is -0.354 e. The molecule has 1 aliphatic rings. The molecule has 1 amide bonds. The van der Waals surface area contributed by atoms with E-state index in [1.54, 1.807) is 0 Å². The van der Waals surface area contributed by atoms with Crippen LogP contribution in [-0.4, -0.2) is 18.5 Å². The van der Waals surface area contributed by atoms with Gasteiger partial charge in [-0.05, 0) is 42.7 Å². The predicted molar refractivity (Wildman–Crippen MR) is 89.7 cm³/mol. The van der Waals surface area contributed by atoms with Crippen LogP contribution in [0.15, 0.2) is 24.3 Å². The number of rotatable bonds is 8. The molecule has 1 aliphatic carbocycles. The van der Waals surface area contributed by atoms with E-state index in [1.807, 2.05) is 0 Å². The third-order valence-corrected chi connectivity index (χ3v) is 3.97. The van der Waals surface area contributed by atoms with Crippen molar-refractivity contribution in [2.75, 3.05) is 6.54 Å². The molecule has 1 unspecified atom stereocenters. The van der Waals surface area contributed by atoms with Crippen molar-refractivity contribution in [1.82, 2.24) is 5.32 Å². The number of halogens is 1. The molecule has 1 saturated carbocycles. The summed E-state index contributed by atoms with van der Waals surface area (Å²) in [5, 5.41) is 2.94. The van der Waals surface area contributed by atoms with Crippen molar-refractivity contribution in [3.8, 4) is 0 Å². The molecule has 0 radical (unpaired) electrons. The molecule has 3 N–H and O–H groups in total. The number of hydrogen-bond acceptors (Lipinski definition) is 2. The summed E-state index contributed by atoms with van der Waals surface area (Å²) in [6.07, 6.45) is 6.45. The van der Waals surface area contributed by atoms with Gasteiger partial charge < -0.3 is 11.1 Å². The number of amides is 1. The van der Waals surface area contributed by atoms with E-state index in [4.69, 9.17) is 5.73 Å². The Hall–Kier alpha value is -1.06. The monoisotopic (exact) mass is 310 g/mol. The van der Waals surface area contributed by atoms with Crippen LogP contribution in [0.1, 0.15) is 43.7 Å². The highest BCUT2D eigenvalue weighted by atomic mass is 35.5. The molecule has 0 aromatic heterocycles. The van der Waals surface area contributed by atoms with Crippen LogP contribution < -0.4 is 11.1 Å². The lowest BCUT2D eigenvalue weighted by molar-refractivity contribution is -0.120. The maximum Gasteiger partial charge on any atom is 0.224 e. The Morgan fingerprint density at radius 2 is 1.90 bits per heavy atom. The van der Waals surface area contributed by atoms with Crippen LogP contribution in [0.25, 0.3) is 0 Å². The highest BCUT2D eigenvalue weighted by molar-refractivity contribution is 5.85. The molecule has 21 heavy (non-hydrogen) atoms. The molecule has 4 heteroatoms. The molecule has 1 atom stereocenters. The zero-order valence-corrected chi connectivity index (χ0v) is 13.6. The zero-order valence-electron chi connectivity index (χ0n) is 12.8. The van der Waals surface area contributed by atoms with E-state index in [1.165, 1.54) is 31.2 Å². The maximum atomic E-state index is 11.9. The van der Waals surface area contributed by atoms with Crippen molar-refractivity contribution in [1.29, 1.82) is 0 Å². The molecular formula is C17H27ClN2O. The van der Waals surface area contributed by atoms with Crippen LogP contribution in [0.2, 0.25) is 0 Å². The fourth-order valence-electron chi connectivity index (χ4n) is 2.38. The van der Waals surface area contributed by atoms with Gasteiger partial charge in [-0.25, -0.2) is 0 Å². The van der Waals surface area contributed by atoms with Crippen molar-refractivity contribution >= 4 is 18.3 Å². The van der Waals surface area contributed by atoms with Gasteiger partial charge in [0.2, 0.25) is 5.91 Å². The first-order valence-electron chi connectivity index (χ1n) is 7.79. The third kappa shape index (κ3) is 6.49. The molecular weight excluding hydrogens is 284 g/mol. The second-order valence-electron chi connectivity index (χ2n) is 5.90. The lowest BCUT2D eigenvalue weighted by Gasteiger charge is -2.11. The number of nitrogens with two attached hydrogens (primary N) is 1. The molecule has 0 bridgehead atoms. The average molecular weight is 311 g/mol. The van der Waals surface area contributed by atoms with Gasteiger partial charge in [0.25, 0.3) is 0 Å². The summed E-state index contributed by atoms with van der Waals surface area (Å²) >= 11 is 0. The van der Waals surface area contributed by atoms with Gasteiger partial charge in [-0.1, -0.05) is 37.6 Å². The molecule has 1 aromatic carbocycles. The Bertz CT molecular complexity index is 429. The second kappa shape index (κ2) is 9.06. The second-order valence-corrected chi connectivity index (χ2v) is 5.90. The van der Waals surface area contributed by atoms with E-state index in [-0.39, 0.29) is 24.4 Å². The van der Waals surface area contributed by atoms with E-state index in [0.717, 1.165) is 12.0 Å². The molecule has 2 rings (SSSR count). The van der Waals surface area contributed by atoms with Gasteiger partial charge in [0, 0.05) is 12.6 Å². The number of carbonyl (C=O) groups excluding carboxylic acids is 1. The van der Waals surface area contributed by atoms with Crippen molar-refractivity contribution in [2.45, 2.75) is 51.5 Å². The van der Waals surface area contributed by atoms with E-state index in [2.05, 4.69) is 36.5 Å². The van der Waals surface area contributed by atoms with Gasteiger partial charge in [0.05, 0.1) is 6.42 Å². The van der Waals surface area contributed by atoms with Gasteiger partial charge in [-0.2, -0.15) is 0 Å². The molecule has 1 fully saturated rings. The number of aryl methyl sites for hydroxylation is 1. The lowest BCUT2D eigenvalue weighted by Crippen LogP contribution is -2.39. The Labute approximate surface area is 134 Å². The number of nitrogens with one attached hydrogen (secondary N) is 1. The Morgan fingerprint density at radius 1 is 1.29 bits per heavy atom. The van der Waals surface area contributed by atoms with Gasteiger partial charge in [0.1, 0.15) is 0 Å². The largest absolute Gasteiger partial charge is 0.354 e. The number of benzene rings is 1. The summed E-state index contributed by atoms with van der Waals surface area (Å²) in [6, 6.07) is 8.52. The smallest absolute Gasteiger partial charge is 0.224 e. The molecule has 118 valence electrons. The Balaban J connectivity index is 0.00000220. The topological polar surface area (TPSA) is 55.1 Å². The quantitative estimate of drug-likeness (QED) is 0.776. The average Bonchev–Trinajstić information content (AvgIpc) is 3.28. The molecule has 0 saturated heterocycles. The van der Waals surface area contributed by atoms with Crippen LogP contribution in [-0.2, 0) is 17.6 Å². The van der Waals surface area contributed by atoms with E-state index in [9.17, 15) is 4.79 Å².